The Labute approximate surface area is 182 Å². The molecule has 0 aliphatic carbocycles. The minimum Gasteiger partial charge on any atom is -0.376 e. The Kier molecular flexibility index (Phi) is 6.62. The van der Waals surface area contributed by atoms with Gasteiger partial charge in [0, 0.05) is 19.1 Å². The van der Waals surface area contributed by atoms with Gasteiger partial charge in [0.15, 0.2) is 5.17 Å². The molecule has 2 amide bonds. The summed E-state index contributed by atoms with van der Waals surface area (Å²) in [6.45, 7) is 1.04. The lowest BCUT2D eigenvalue weighted by Crippen LogP contribution is -2.38. The number of hydrogen-bond acceptors (Lipinski definition) is 5. The number of thioether (sulfide) groups is 1. The first-order valence-electron chi connectivity index (χ1n) is 9.98. The van der Waals surface area contributed by atoms with E-state index in [1.165, 1.54) is 11.8 Å². The molecule has 6 nitrogen and oxygen atoms in total. The molecule has 2 aliphatic heterocycles. The predicted octanol–water partition coefficient (Wildman–Crippen LogP) is 4.10. The Morgan fingerprint density at radius 3 is 2.74 bits per heavy atom. The number of amides is 2. The molecule has 2 heterocycles. The quantitative estimate of drug-likeness (QED) is 0.727. The van der Waals surface area contributed by atoms with Crippen LogP contribution in [0.4, 0.5) is 20.2 Å². The number of ether oxygens (including phenoxy) is 1. The number of para-hydroxylation sites is 1. The van der Waals surface area contributed by atoms with Gasteiger partial charge >= 0.3 is 0 Å². The van der Waals surface area contributed by atoms with Crippen LogP contribution in [0.5, 0.6) is 0 Å². The number of halogens is 2. The second-order valence-electron chi connectivity index (χ2n) is 7.30. The lowest BCUT2D eigenvalue weighted by Gasteiger charge is -2.20. The van der Waals surface area contributed by atoms with Crippen LogP contribution in [0.15, 0.2) is 53.5 Å². The maximum atomic E-state index is 13.8. The molecule has 2 atom stereocenters. The first kappa shape index (κ1) is 21.5. The fraction of sp³-hybridized carbons (Fsp3) is 0.318. The lowest BCUT2D eigenvalue weighted by atomic mass is 10.2. The Hall–Kier alpha value is -2.78. The van der Waals surface area contributed by atoms with Crippen LogP contribution in [-0.4, -0.2) is 46.4 Å². The average molecular weight is 445 g/mol. The highest BCUT2D eigenvalue weighted by atomic mass is 32.2. The minimum absolute atomic E-state index is 0.0635. The van der Waals surface area contributed by atoms with Crippen LogP contribution in [-0.2, 0) is 14.3 Å². The van der Waals surface area contributed by atoms with E-state index in [2.05, 4.69) is 10.3 Å². The molecule has 2 fully saturated rings. The van der Waals surface area contributed by atoms with Gasteiger partial charge in [-0.05, 0) is 37.1 Å². The van der Waals surface area contributed by atoms with E-state index in [9.17, 15) is 18.4 Å². The summed E-state index contributed by atoms with van der Waals surface area (Å²) >= 11 is 1.21. The van der Waals surface area contributed by atoms with Crippen LogP contribution in [0.25, 0.3) is 0 Å². The third-order valence-electron chi connectivity index (χ3n) is 4.99. The molecule has 2 unspecified atom stereocenters. The third kappa shape index (κ3) is 5.29. The molecule has 0 saturated carbocycles. The predicted molar refractivity (Wildman–Crippen MR) is 115 cm³/mol. The van der Waals surface area contributed by atoms with Crippen LogP contribution < -0.4 is 5.32 Å². The van der Waals surface area contributed by atoms with Gasteiger partial charge in [0.1, 0.15) is 16.9 Å². The summed E-state index contributed by atoms with van der Waals surface area (Å²) in [5.41, 5.74) is 0.574. The molecular weight excluding hydrogens is 424 g/mol. The van der Waals surface area contributed by atoms with Crippen molar-refractivity contribution in [1.29, 1.82) is 0 Å². The Morgan fingerprint density at radius 2 is 2.03 bits per heavy atom. The number of carbonyl (C=O) groups is 2. The zero-order chi connectivity index (χ0) is 21.8. The number of amidine groups is 1. The summed E-state index contributed by atoms with van der Waals surface area (Å²) in [6, 6.07) is 12.2. The van der Waals surface area contributed by atoms with E-state index in [1.807, 2.05) is 30.3 Å². The fourth-order valence-corrected chi connectivity index (χ4v) is 4.63. The number of anilines is 1. The highest BCUT2D eigenvalue weighted by Crippen LogP contribution is 2.33. The zero-order valence-electron chi connectivity index (χ0n) is 16.6. The van der Waals surface area contributed by atoms with Crippen molar-refractivity contribution in [2.45, 2.75) is 30.6 Å². The van der Waals surface area contributed by atoms with Crippen molar-refractivity contribution >= 4 is 40.1 Å². The third-order valence-corrected chi connectivity index (χ3v) is 6.16. The molecule has 2 saturated heterocycles. The maximum absolute atomic E-state index is 13.8. The van der Waals surface area contributed by atoms with E-state index in [0.717, 1.165) is 25.0 Å². The van der Waals surface area contributed by atoms with Crippen LogP contribution >= 0.6 is 11.8 Å². The first-order valence-corrected chi connectivity index (χ1v) is 10.9. The second kappa shape index (κ2) is 9.57. The number of hydrogen-bond donors (Lipinski definition) is 1. The summed E-state index contributed by atoms with van der Waals surface area (Å²) in [6.07, 6.45) is 1.59. The van der Waals surface area contributed by atoms with Gasteiger partial charge in [0.05, 0.1) is 24.0 Å². The summed E-state index contributed by atoms with van der Waals surface area (Å²) in [5, 5.41) is 2.23. The van der Waals surface area contributed by atoms with E-state index in [1.54, 1.807) is 4.90 Å². The molecule has 1 N–H and O–H groups in total. The van der Waals surface area contributed by atoms with Crippen molar-refractivity contribution in [3.8, 4) is 0 Å². The van der Waals surface area contributed by atoms with Crippen LogP contribution in [0.1, 0.15) is 19.3 Å². The van der Waals surface area contributed by atoms with Crippen LogP contribution in [0.2, 0.25) is 0 Å². The maximum Gasteiger partial charge on any atom is 0.242 e. The van der Waals surface area contributed by atoms with E-state index < -0.39 is 22.8 Å². The summed E-state index contributed by atoms with van der Waals surface area (Å²) in [4.78, 5) is 31.7. The lowest BCUT2D eigenvalue weighted by molar-refractivity contribution is -0.129. The van der Waals surface area contributed by atoms with E-state index in [0.29, 0.717) is 30.1 Å². The van der Waals surface area contributed by atoms with Gasteiger partial charge in [-0.1, -0.05) is 30.0 Å². The van der Waals surface area contributed by atoms with Crippen molar-refractivity contribution in [3.63, 3.8) is 0 Å². The van der Waals surface area contributed by atoms with Crippen molar-refractivity contribution in [2.75, 3.05) is 18.5 Å². The molecular formula is C22H21F2N3O3S. The first-order chi connectivity index (χ1) is 15.0. The molecule has 0 spiro atoms. The molecule has 0 radical (unpaired) electrons. The van der Waals surface area contributed by atoms with Crippen LogP contribution in [0.3, 0.4) is 0 Å². The summed E-state index contributed by atoms with van der Waals surface area (Å²) < 4.78 is 32.6. The number of aliphatic imine (C=N–C) groups is 1. The summed E-state index contributed by atoms with van der Waals surface area (Å²) in [7, 11) is 0. The molecule has 2 aliphatic rings. The van der Waals surface area contributed by atoms with Crippen LogP contribution in [0, 0.1) is 11.6 Å². The van der Waals surface area contributed by atoms with Gasteiger partial charge in [-0.25, -0.2) is 13.8 Å². The van der Waals surface area contributed by atoms with E-state index in [-0.39, 0.29) is 24.1 Å². The van der Waals surface area contributed by atoms with Gasteiger partial charge in [-0.2, -0.15) is 0 Å². The normalized spacial score (nSPS) is 22.3. The Balaban J connectivity index is 1.49. The molecule has 31 heavy (non-hydrogen) atoms. The molecule has 0 bridgehead atoms. The van der Waals surface area contributed by atoms with Crippen molar-refractivity contribution in [1.82, 2.24) is 4.90 Å². The number of benzene rings is 2. The Bertz CT molecular complexity index is 997. The zero-order valence-corrected chi connectivity index (χ0v) is 17.4. The SMILES string of the molecule is O=C(CC1SC(=Nc2ccccc2)N(CC2CCCO2)C1=O)Nc1ccc(F)cc1F. The largest absolute Gasteiger partial charge is 0.376 e. The molecule has 2 aromatic carbocycles. The number of rotatable bonds is 6. The Morgan fingerprint density at radius 1 is 1.23 bits per heavy atom. The topological polar surface area (TPSA) is 71.0 Å². The van der Waals surface area contributed by atoms with Gasteiger partial charge < -0.3 is 10.1 Å². The second-order valence-corrected chi connectivity index (χ2v) is 8.47. The van der Waals surface area contributed by atoms with Crippen molar-refractivity contribution < 1.29 is 23.1 Å². The van der Waals surface area contributed by atoms with Gasteiger partial charge in [-0.3, -0.25) is 14.5 Å². The highest BCUT2D eigenvalue weighted by molar-refractivity contribution is 8.15. The van der Waals surface area contributed by atoms with Gasteiger partial charge in [0.25, 0.3) is 0 Å². The van der Waals surface area contributed by atoms with Gasteiger partial charge in [-0.15, -0.1) is 0 Å². The standard InChI is InChI=1S/C22H21F2N3O3S/c23-14-8-9-18(17(24)11-14)26-20(28)12-19-21(29)27(13-16-7-4-10-30-16)22(31-19)25-15-5-2-1-3-6-15/h1-3,5-6,8-9,11,16,19H,4,7,10,12-13H2,(H,26,28). The molecule has 0 aromatic heterocycles. The number of nitrogens with zero attached hydrogens (tertiary/aromatic N) is 2. The minimum atomic E-state index is -0.870. The van der Waals surface area contributed by atoms with Gasteiger partial charge in [0.2, 0.25) is 11.8 Å². The van der Waals surface area contributed by atoms with Crippen molar-refractivity contribution in [2.24, 2.45) is 4.99 Å². The van der Waals surface area contributed by atoms with Crippen molar-refractivity contribution in [3.05, 3.63) is 60.2 Å². The fourth-order valence-electron chi connectivity index (χ4n) is 3.46. The molecule has 9 heteroatoms. The average Bonchev–Trinajstić information content (AvgIpc) is 3.35. The number of carbonyl (C=O) groups excluding carboxylic acids is 2. The monoisotopic (exact) mass is 445 g/mol. The molecule has 2 aromatic rings. The molecule has 4 rings (SSSR count). The summed E-state index contributed by atoms with van der Waals surface area (Å²) in [5.74, 6) is -2.37. The van der Waals surface area contributed by atoms with E-state index in [4.69, 9.17) is 4.74 Å². The van der Waals surface area contributed by atoms with E-state index >= 15 is 0 Å². The number of nitrogens with one attached hydrogen (secondary N) is 1. The smallest absolute Gasteiger partial charge is 0.242 e. The molecule has 162 valence electrons. The highest BCUT2D eigenvalue weighted by Gasteiger charge is 2.40.